The number of nitrogens with zero attached hydrogens (tertiary/aromatic N) is 3. The van der Waals surface area contributed by atoms with Crippen LogP contribution in [-0.4, -0.2) is 15.0 Å². The fraction of sp³-hybridized carbons (Fsp3) is 0.176. The largest absolute Gasteiger partial charge is 0.252 e. The average Bonchev–Trinajstić information content (AvgIpc) is 3.02. The molecule has 1 heterocycles. The molecule has 0 aliphatic rings. The Hall–Kier alpha value is -2.42. The number of benzene rings is 2. The van der Waals surface area contributed by atoms with Crippen LogP contribution in [0.3, 0.4) is 0 Å². The second-order valence-corrected chi connectivity index (χ2v) is 4.92. The molecule has 2 aromatic carbocycles. The zero-order valence-electron chi connectivity index (χ0n) is 11.3. The summed E-state index contributed by atoms with van der Waals surface area (Å²) in [5.74, 6) is 0.403. The van der Waals surface area contributed by atoms with E-state index in [0.29, 0.717) is 5.92 Å². The van der Waals surface area contributed by atoms with E-state index in [1.807, 2.05) is 10.9 Å². The van der Waals surface area contributed by atoms with E-state index < -0.39 is 0 Å². The first-order valence-electron chi connectivity index (χ1n) is 6.85. The summed E-state index contributed by atoms with van der Waals surface area (Å²) < 4.78 is 1.90. The van der Waals surface area contributed by atoms with Crippen molar-refractivity contribution >= 4 is 0 Å². The third kappa shape index (κ3) is 3.12. The second-order valence-electron chi connectivity index (χ2n) is 4.92. The Morgan fingerprint density at radius 1 is 0.900 bits per heavy atom. The van der Waals surface area contributed by atoms with Crippen LogP contribution in [-0.2, 0) is 13.0 Å². The van der Waals surface area contributed by atoms with E-state index in [-0.39, 0.29) is 0 Å². The van der Waals surface area contributed by atoms with Gasteiger partial charge in [0.05, 0.1) is 6.20 Å². The van der Waals surface area contributed by atoms with Crippen molar-refractivity contribution in [3.05, 3.63) is 84.2 Å². The molecule has 0 N–H and O–H groups in total. The van der Waals surface area contributed by atoms with Gasteiger partial charge in [0.15, 0.2) is 0 Å². The van der Waals surface area contributed by atoms with Crippen LogP contribution >= 0.6 is 0 Å². The van der Waals surface area contributed by atoms with Crippen LogP contribution < -0.4 is 0 Å². The number of aromatic nitrogens is 3. The molecule has 3 heteroatoms. The molecule has 0 aliphatic heterocycles. The fourth-order valence-corrected chi connectivity index (χ4v) is 2.47. The van der Waals surface area contributed by atoms with Gasteiger partial charge in [-0.15, -0.1) is 5.10 Å². The van der Waals surface area contributed by atoms with Crippen LogP contribution in [0, 0.1) is 0 Å². The molecule has 0 fully saturated rings. The molecule has 1 aromatic heterocycles. The highest BCUT2D eigenvalue weighted by Crippen LogP contribution is 2.22. The molecule has 3 aromatic rings. The Bertz CT molecular complexity index is 618. The van der Waals surface area contributed by atoms with Crippen LogP contribution in [0.2, 0.25) is 0 Å². The van der Waals surface area contributed by atoms with E-state index in [1.165, 1.54) is 11.1 Å². The van der Waals surface area contributed by atoms with E-state index in [1.54, 1.807) is 6.20 Å². The molecule has 0 aliphatic carbocycles. The molecule has 20 heavy (non-hydrogen) atoms. The highest BCUT2D eigenvalue weighted by molar-refractivity contribution is 5.24. The Morgan fingerprint density at radius 3 is 2.25 bits per heavy atom. The summed E-state index contributed by atoms with van der Waals surface area (Å²) in [6.07, 6.45) is 4.65. The zero-order chi connectivity index (χ0) is 13.6. The van der Waals surface area contributed by atoms with Gasteiger partial charge in [-0.2, -0.15) is 0 Å². The van der Waals surface area contributed by atoms with Gasteiger partial charge in [-0.05, 0) is 17.5 Å². The van der Waals surface area contributed by atoms with Gasteiger partial charge in [-0.1, -0.05) is 65.9 Å². The van der Waals surface area contributed by atoms with Gasteiger partial charge in [0, 0.05) is 18.7 Å². The van der Waals surface area contributed by atoms with Crippen molar-refractivity contribution in [1.29, 1.82) is 0 Å². The number of hydrogen-bond acceptors (Lipinski definition) is 2. The summed E-state index contributed by atoms with van der Waals surface area (Å²) in [6.45, 7) is 0.846. The van der Waals surface area contributed by atoms with Crippen molar-refractivity contribution in [1.82, 2.24) is 15.0 Å². The lowest BCUT2D eigenvalue weighted by atomic mass is 9.92. The molecule has 0 saturated carbocycles. The second kappa shape index (κ2) is 6.15. The predicted molar refractivity (Wildman–Crippen MR) is 79.4 cm³/mol. The maximum atomic E-state index is 4.09. The van der Waals surface area contributed by atoms with Gasteiger partial charge < -0.3 is 0 Å². The van der Waals surface area contributed by atoms with Gasteiger partial charge in [0.25, 0.3) is 0 Å². The Morgan fingerprint density at radius 2 is 1.60 bits per heavy atom. The number of hydrogen-bond donors (Lipinski definition) is 0. The van der Waals surface area contributed by atoms with E-state index in [9.17, 15) is 0 Å². The molecule has 1 unspecified atom stereocenters. The Balaban J connectivity index is 1.83. The van der Waals surface area contributed by atoms with E-state index in [0.717, 1.165) is 13.0 Å². The summed E-state index contributed by atoms with van der Waals surface area (Å²) in [7, 11) is 0. The zero-order valence-corrected chi connectivity index (χ0v) is 11.3. The first kappa shape index (κ1) is 12.6. The van der Waals surface area contributed by atoms with Crippen molar-refractivity contribution in [2.45, 2.75) is 18.9 Å². The minimum atomic E-state index is 0.403. The maximum absolute atomic E-state index is 4.09. The Kier molecular flexibility index (Phi) is 3.88. The lowest BCUT2D eigenvalue weighted by Crippen LogP contribution is -2.12. The third-order valence-electron chi connectivity index (χ3n) is 3.48. The van der Waals surface area contributed by atoms with E-state index in [4.69, 9.17) is 0 Å². The summed E-state index contributed by atoms with van der Waals surface area (Å²) in [6, 6.07) is 21.2. The summed E-state index contributed by atoms with van der Waals surface area (Å²) in [4.78, 5) is 0. The van der Waals surface area contributed by atoms with Crippen LogP contribution in [0.5, 0.6) is 0 Å². The number of rotatable bonds is 5. The highest BCUT2D eigenvalue weighted by Gasteiger charge is 2.13. The van der Waals surface area contributed by atoms with E-state index >= 15 is 0 Å². The van der Waals surface area contributed by atoms with Crippen molar-refractivity contribution in [2.24, 2.45) is 0 Å². The molecule has 100 valence electrons. The molecular formula is C17H17N3. The molecule has 0 amide bonds. The third-order valence-corrected chi connectivity index (χ3v) is 3.48. The van der Waals surface area contributed by atoms with Crippen LogP contribution in [0.4, 0.5) is 0 Å². The van der Waals surface area contributed by atoms with Gasteiger partial charge in [-0.25, -0.2) is 0 Å². The molecule has 0 bridgehead atoms. The van der Waals surface area contributed by atoms with Crippen LogP contribution in [0.15, 0.2) is 73.1 Å². The van der Waals surface area contributed by atoms with Crippen molar-refractivity contribution < 1.29 is 0 Å². The minimum Gasteiger partial charge on any atom is -0.252 e. The summed E-state index contributed by atoms with van der Waals surface area (Å²) >= 11 is 0. The standard InChI is InChI=1S/C17H17N3/c1-3-7-15(8-4-1)13-17(14-20-12-11-18-19-20)16-9-5-2-6-10-16/h1-12,17H,13-14H2. The molecule has 0 radical (unpaired) electrons. The molecular weight excluding hydrogens is 246 g/mol. The molecule has 3 rings (SSSR count). The summed E-state index contributed by atoms with van der Waals surface area (Å²) in [5.41, 5.74) is 2.69. The average molecular weight is 263 g/mol. The lowest BCUT2D eigenvalue weighted by molar-refractivity contribution is 0.500. The van der Waals surface area contributed by atoms with E-state index in [2.05, 4.69) is 71.0 Å². The lowest BCUT2D eigenvalue weighted by Gasteiger charge is -2.17. The maximum Gasteiger partial charge on any atom is 0.0692 e. The van der Waals surface area contributed by atoms with Gasteiger partial charge in [-0.3, -0.25) is 4.68 Å². The predicted octanol–water partition coefficient (Wildman–Crippen LogP) is 3.30. The smallest absolute Gasteiger partial charge is 0.0692 e. The van der Waals surface area contributed by atoms with Gasteiger partial charge in [0.2, 0.25) is 0 Å². The Labute approximate surface area is 118 Å². The first-order valence-corrected chi connectivity index (χ1v) is 6.85. The molecule has 0 saturated heterocycles. The fourth-order valence-electron chi connectivity index (χ4n) is 2.47. The van der Waals surface area contributed by atoms with Gasteiger partial charge in [0.1, 0.15) is 0 Å². The normalized spacial score (nSPS) is 12.2. The monoisotopic (exact) mass is 263 g/mol. The molecule has 1 atom stereocenters. The first-order chi connectivity index (χ1) is 9.92. The minimum absolute atomic E-state index is 0.403. The van der Waals surface area contributed by atoms with Gasteiger partial charge >= 0.3 is 0 Å². The quantitative estimate of drug-likeness (QED) is 0.707. The SMILES string of the molecule is c1ccc(CC(Cn2ccnn2)c2ccccc2)cc1. The van der Waals surface area contributed by atoms with Crippen LogP contribution in [0.25, 0.3) is 0 Å². The molecule has 3 nitrogen and oxygen atoms in total. The topological polar surface area (TPSA) is 30.7 Å². The van der Waals surface area contributed by atoms with Crippen molar-refractivity contribution in [3.8, 4) is 0 Å². The van der Waals surface area contributed by atoms with Crippen molar-refractivity contribution in [3.63, 3.8) is 0 Å². The highest BCUT2D eigenvalue weighted by atomic mass is 15.4. The van der Waals surface area contributed by atoms with Crippen molar-refractivity contribution in [2.75, 3.05) is 0 Å². The summed E-state index contributed by atoms with van der Waals surface area (Å²) in [5, 5.41) is 7.98. The van der Waals surface area contributed by atoms with Crippen LogP contribution in [0.1, 0.15) is 17.0 Å². The molecule has 0 spiro atoms.